The van der Waals surface area contributed by atoms with Crippen LogP contribution in [0.15, 0.2) is 18.2 Å². The van der Waals surface area contributed by atoms with Crippen molar-refractivity contribution in [3.63, 3.8) is 0 Å². The zero-order valence-electron chi connectivity index (χ0n) is 12.2. The van der Waals surface area contributed by atoms with E-state index in [2.05, 4.69) is 28.4 Å². The normalized spacial score (nSPS) is 19.2. The maximum Gasteiger partial charge on any atom is 0.222 e. The summed E-state index contributed by atoms with van der Waals surface area (Å²) in [7, 11) is 0. The van der Waals surface area contributed by atoms with Gasteiger partial charge in [-0.3, -0.25) is 4.79 Å². The fraction of sp³-hybridized carbons (Fsp3) is 0.588. The van der Waals surface area contributed by atoms with E-state index in [1.165, 1.54) is 36.1 Å². The molecule has 1 N–H and O–H groups in total. The van der Waals surface area contributed by atoms with Gasteiger partial charge in [0.15, 0.2) is 0 Å². The number of anilines is 1. The fourth-order valence-corrected chi connectivity index (χ4v) is 3.32. The maximum atomic E-state index is 12.0. The summed E-state index contributed by atoms with van der Waals surface area (Å²) in [5, 5.41) is 3.54. The molecule has 3 nitrogen and oxygen atoms in total. The Morgan fingerprint density at radius 2 is 2.05 bits per heavy atom. The number of carbonyl (C=O) groups is 1. The number of rotatable bonds is 3. The number of carbonyl (C=O) groups excluding carboxylic acids is 1. The summed E-state index contributed by atoms with van der Waals surface area (Å²) in [5.41, 5.74) is 4.15. The fourth-order valence-electron chi connectivity index (χ4n) is 3.32. The second-order valence-electron chi connectivity index (χ2n) is 5.92. The van der Waals surface area contributed by atoms with Gasteiger partial charge in [-0.1, -0.05) is 24.6 Å². The summed E-state index contributed by atoms with van der Waals surface area (Å²) < 4.78 is 0. The Hall–Kier alpha value is -1.51. The number of nitrogens with zero attached hydrogens (tertiary/aromatic N) is 1. The first-order chi connectivity index (χ1) is 9.84. The Morgan fingerprint density at radius 1 is 1.10 bits per heavy atom. The highest BCUT2D eigenvalue weighted by Crippen LogP contribution is 2.26. The highest BCUT2D eigenvalue weighted by molar-refractivity contribution is 5.76. The molecule has 20 heavy (non-hydrogen) atoms. The zero-order chi connectivity index (χ0) is 13.8. The molecule has 1 fully saturated rings. The van der Waals surface area contributed by atoms with Crippen molar-refractivity contribution in [2.24, 2.45) is 0 Å². The molecule has 0 bridgehead atoms. The first-order valence-electron chi connectivity index (χ1n) is 7.97. The van der Waals surface area contributed by atoms with Crippen LogP contribution in [0.2, 0.25) is 0 Å². The van der Waals surface area contributed by atoms with E-state index in [9.17, 15) is 4.79 Å². The van der Waals surface area contributed by atoms with E-state index in [1.54, 1.807) is 0 Å². The summed E-state index contributed by atoms with van der Waals surface area (Å²) in [5.74, 6) is 0.347. The van der Waals surface area contributed by atoms with Crippen LogP contribution in [-0.4, -0.2) is 30.4 Å². The molecule has 1 aromatic rings. The molecule has 1 aromatic carbocycles. The summed E-state index contributed by atoms with van der Waals surface area (Å²) in [6, 6.07) is 6.59. The average Bonchev–Trinajstić information content (AvgIpc) is 2.69. The van der Waals surface area contributed by atoms with Crippen LogP contribution in [0, 0.1) is 0 Å². The lowest BCUT2D eigenvalue weighted by Gasteiger charge is -2.24. The summed E-state index contributed by atoms with van der Waals surface area (Å²) in [4.78, 5) is 14.1. The molecular weight excluding hydrogens is 248 g/mol. The van der Waals surface area contributed by atoms with E-state index < -0.39 is 0 Å². The number of benzene rings is 1. The average molecular weight is 272 g/mol. The number of nitrogens with one attached hydrogen (secondary N) is 1. The zero-order valence-corrected chi connectivity index (χ0v) is 12.2. The number of fused-ring (bicyclic) bond motifs is 1. The second-order valence-corrected chi connectivity index (χ2v) is 5.92. The van der Waals surface area contributed by atoms with Crippen LogP contribution in [0.1, 0.15) is 43.2 Å². The molecule has 0 aliphatic carbocycles. The quantitative estimate of drug-likeness (QED) is 0.917. The number of hydrogen-bond acceptors (Lipinski definition) is 2. The molecule has 3 rings (SSSR count). The van der Waals surface area contributed by atoms with Crippen molar-refractivity contribution in [2.45, 2.75) is 44.9 Å². The Kier molecular flexibility index (Phi) is 4.24. The van der Waals surface area contributed by atoms with Crippen molar-refractivity contribution in [3.05, 3.63) is 29.3 Å². The van der Waals surface area contributed by atoms with Gasteiger partial charge in [0.2, 0.25) is 5.91 Å². The van der Waals surface area contributed by atoms with Gasteiger partial charge in [-0.25, -0.2) is 0 Å². The molecule has 0 radical (unpaired) electrons. The monoisotopic (exact) mass is 272 g/mol. The number of likely N-dealkylation sites (tertiary alicyclic amines) is 1. The van der Waals surface area contributed by atoms with E-state index in [-0.39, 0.29) is 0 Å². The van der Waals surface area contributed by atoms with Crippen LogP contribution >= 0.6 is 0 Å². The van der Waals surface area contributed by atoms with Gasteiger partial charge < -0.3 is 10.2 Å². The van der Waals surface area contributed by atoms with E-state index in [1.807, 2.05) is 0 Å². The van der Waals surface area contributed by atoms with Crippen molar-refractivity contribution in [3.8, 4) is 0 Å². The number of para-hydroxylation sites is 1. The SMILES string of the molecule is O=C1CCCCCN1CCc1cccc2c1NCCC2. The molecule has 2 aliphatic rings. The third kappa shape index (κ3) is 2.97. The van der Waals surface area contributed by atoms with Gasteiger partial charge in [-0.2, -0.15) is 0 Å². The molecule has 108 valence electrons. The van der Waals surface area contributed by atoms with E-state index in [0.29, 0.717) is 5.91 Å². The standard InChI is InChI=1S/C17H24N2O/c20-16-9-2-1-3-12-19(16)13-10-15-7-4-6-14-8-5-11-18-17(14)15/h4,6-7,18H,1-3,5,8-13H2. The summed E-state index contributed by atoms with van der Waals surface area (Å²) in [6.45, 7) is 2.89. The molecule has 1 saturated heterocycles. The third-order valence-corrected chi connectivity index (χ3v) is 4.48. The van der Waals surface area contributed by atoms with Crippen LogP contribution in [0.3, 0.4) is 0 Å². The lowest BCUT2D eigenvalue weighted by atomic mass is 9.98. The van der Waals surface area contributed by atoms with Gasteiger partial charge in [-0.15, -0.1) is 0 Å². The number of hydrogen-bond donors (Lipinski definition) is 1. The minimum Gasteiger partial charge on any atom is -0.385 e. The van der Waals surface area contributed by atoms with Gasteiger partial charge >= 0.3 is 0 Å². The molecule has 2 heterocycles. The van der Waals surface area contributed by atoms with Crippen molar-refractivity contribution in [2.75, 3.05) is 25.0 Å². The smallest absolute Gasteiger partial charge is 0.222 e. The summed E-state index contributed by atoms with van der Waals surface area (Å²) in [6.07, 6.45) is 7.55. The number of amides is 1. The maximum absolute atomic E-state index is 12.0. The lowest BCUT2D eigenvalue weighted by molar-refractivity contribution is -0.130. The van der Waals surface area contributed by atoms with Crippen LogP contribution in [0.25, 0.3) is 0 Å². The van der Waals surface area contributed by atoms with E-state index >= 15 is 0 Å². The molecule has 2 aliphatic heterocycles. The van der Waals surface area contributed by atoms with Gasteiger partial charge in [0.1, 0.15) is 0 Å². The molecule has 3 heteroatoms. The van der Waals surface area contributed by atoms with E-state index in [0.717, 1.165) is 45.3 Å². The second kappa shape index (κ2) is 6.29. The predicted octanol–water partition coefficient (Wildman–Crippen LogP) is 2.99. The summed E-state index contributed by atoms with van der Waals surface area (Å²) >= 11 is 0. The van der Waals surface area contributed by atoms with Crippen LogP contribution in [0.5, 0.6) is 0 Å². The molecular formula is C17H24N2O. The van der Waals surface area contributed by atoms with Gasteiger partial charge in [0.25, 0.3) is 0 Å². The van der Waals surface area contributed by atoms with Crippen molar-refractivity contribution >= 4 is 11.6 Å². The Morgan fingerprint density at radius 3 is 3.00 bits per heavy atom. The molecule has 0 saturated carbocycles. The first kappa shape index (κ1) is 13.5. The largest absolute Gasteiger partial charge is 0.385 e. The van der Waals surface area contributed by atoms with Crippen LogP contribution < -0.4 is 5.32 Å². The Balaban J connectivity index is 1.67. The molecule has 0 unspecified atom stereocenters. The minimum atomic E-state index is 0.347. The Bertz CT molecular complexity index is 484. The van der Waals surface area contributed by atoms with Gasteiger partial charge in [0, 0.05) is 31.7 Å². The van der Waals surface area contributed by atoms with Gasteiger partial charge in [0.05, 0.1) is 0 Å². The molecule has 0 spiro atoms. The van der Waals surface area contributed by atoms with E-state index in [4.69, 9.17) is 0 Å². The molecule has 1 amide bonds. The topological polar surface area (TPSA) is 32.3 Å². The van der Waals surface area contributed by atoms with Crippen molar-refractivity contribution in [1.82, 2.24) is 4.90 Å². The minimum absolute atomic E-state index is 0.347. The van der Waals surface area contributed by atoms with Crippen LogP contribution in [0.4, 0.5) is 5.69 Å². The highest BCUT2D eigenvalue weighted by atomic mass is 16.2. The third-order valence-electron chi connectivity index (χ3n) is 4.48. The lowest BCUT2D eigenvalue weighted by Crippen LogP contribution is -2.32. The predicted molar refractivity (Wildman–Crippen MR) is 82.0 cm³/mol. The number of aryl methyl sites for hydroxylation is 1. The van der Waals surface area contributed by atoms with Crippen molar-refractivity contribution in [1.29, 1.82) is 0 Å². The highest BCUT2D eigenvalue weighted by Gasteiger charge is 2.18. The molecule has 0 aromatic heterocycles. The molecule has 0 atom stereocenters. The first-order valence-corrected chi connectivity index (χ1v) is 7.97. The van der Waals surface area contributed by atoms with Crippen LogP contribution in [-0.2, 0) is 17.6 Å². The van der Waals surface area contributed by atoms with Crippen molar-refractivity contribution < 1.29 is 4.79 Å². The Labute approximate surface area is 121 Å². The van der Waals surface area contributed by atoms with Gasteiger partial charge in [-0.05, 0) is 43.2 Å².